The first-order valence-electron chi connectivity index (χ1n) is 9.48. The van der Waals surface area contributed by atoms with Gasteiger partial charge in [-0.05, 0) is 35.4 Å². The number of benzene rings is 3. The minimum Gasteiger partial charge on any atom is -0.372 e. The lowest BCUT2D eigenvalue weighted by Gasteiger charge is -2.20. The molecule has 0 aliphatic carbocycles. The van der Waals surface area contributed by atoms with Crippen LogP contribution in [0.4, 0.5) is 11.4 Å². The van der Waals surface area contributed by atoms with E-state index in [1.807, 2.05) is 60.7 Å². The molecule has 0 unspecified atom stereocenters. The average Bonchev–Trinajstić information content (AvgIpc) is 2.74. The molecule has 0 fully saturated rings. The highest BCUT2D eigenvalue weighted by atomic mass is 16.6. The van der Waals surface area contributed by atoms with Crippen LogP contribution in [0.15, 0.2) is 84.9 Å². The van der Waals surface area contributed by atoms with E-state index in [1.165, 1.54) is 0 Å². The Morgan fingerprint density at radius 1 is 0.633 bits per heavy atom. The Balaban J connectivity index is 1.89. The van der Waals surface area contributed by atoms with Gasteiger partial charge in [0.15, 0.2) is 0 Å². The smallest absolute Gasteiger partial charge is 0.227 e. The molecule has 8 nitrogen and oxygen atoms in total. The predicted octanol–water partition coefficient (Wildman–Crippen LogP) is 4.55. The summed E-state index contributed by atoms with van der Waals surface area (Å²) in [5.74, 6) is 0. The van der Waals surface area contributed by atoms with Gasteiger partial charge in [0, 0.05) is 21.2 Å². The third-order valence-electron chi connectivity index (χ3n) is 4.61. The normalized spacial score (nSPS) is 12.5. The van der Waals surface area contributed by atoms with Crippen LogP contribution in [0.25, 0.3) is 0 Å². The maximum Gasteiger partial charge on any atom is 0.227 e. The van der Waals surface area contributed by atoms with Gasteiger partial charge in [-0.2, -0.15) is 0 Å². The molecule has 154 valence electrons. The first-order valence-corrected chi connectivity index (χ1v) is 9.48. The molecule has 3 aromatic carbocycles. The van der Waals surface area contributed by atoms with Crippen molar-refractivity contribution >= 4 is 11.4 Å². The van der Waals surface area contributed by atoms with Crippen molar-refractivity contribution in [2.45, 2.75) is 12.1 Å². The highest BCUT2D eigenvalue weighted by Gasteiger charge is 2.22. The topological polar surface area (TPSA) is 110 Å². The van der Waals surface area contributed by atoms with Crippen LogP contribution >= 0.6 is 0 Å². The zero-order valence-electron chi connectivity index (χ0n) is 16.2. The summed E-state index contributed by atoms with van der Waals surface area (Å²) < 4.78 is 0. The Bertz CT molecular complexity index is 906. The second kappa shape index (κ2) is 10.0. The number of rotatable bonds is 10. The fourth-order valence-corrected chi connectivity index (χ4v) is 3.23. The summed E-state index contributed by atoms with van der Waals surface area (Å²) in [7, 11) is 0. The van der Waals surface area contributed by atoms with Crippen LogP contribution < -0.4 is 10.6 Å². The van der Waals surface area contributed by atoms with Gasteiger partial charge in [0.05, 0.1) is 0 Å². The summed E-state index contributed by atoms with van der Waals surface area (Å²) in [6.07, 6.45) is 0. The number of nitrogens with one attached hydrogen (secondary N) is 2. The first kappa shape index (κ1) is 20.8. The van der Waals surface area contributed by atoms with Crippen molar-refractivity contribution in [3.05, 3.63) is 116 Å². The molecule has 0 saturated carbocycles. The Hall–Kier alpha value is -3.94. The van der Waals surface area contributed by atoms with Crippen molar-refractivity contribution in [2.75, 3.05) is 23.7 Å². The van der Waals surface area contributed by atoms with Crippen molar-refractivity contribution in [2.24, 2.45) is 0 Å². The summed E-state index contributed by atoms with van der Waals surface area (Å²) in [6, 6.07) is 24.5. The van der Waals surface area contributed by atoms with Gasteiger partial charge in [-0.3, -0.25) is 20.2 Å². The van der Waals surface area contributed by atoms with Crippen LogP contribution in [-0.4, -0.2) is 22.9 Å². The monoisotopic (exact) mass is 406 g/mol. The van der Waals surface area contributed by atoms with E-state index in [2.05, 4.69) is 10.6 Å². The van der Waals surface area contributed by atoms with Crippen LogP contribution in [0.5, 0.6) is 0 Å². The molecule has 0 aliphatic heterocycles. The summed E-state index contributed by atoms with van der Waals surface area (Å²) in [5, 5.41) is 28.9. The molecule has 0 radical (unpaired) electrons. The van der Waals surface area contributed by atoms with Crippen LogP contribution in [-0.2, 0) is 0 Å². The molecular weight excluding hydrogens is 384 g/mol. The molecule has 3 rings (SSSR count). The molecule has 0 spiro atoms. The zero-order chi connectivity index (χ0) is 21.3. The number of anilines is 2. The lowest BCUT2D eigenvalue weighted by Crippen LogP contribution is -2.23. The number of nitrogens with zero attached hydrogens (tertiary/aromatic N) is 2. The van der Waals surface area contributed by atoms with Gasteiger partial charge in [0.25, 0.3) is 0 Å². The Labute approximate surface area is 173 Å². The van der Waals surface area contributed by atoms with Crippen LogP contribution in [0, 0.1) is 20.2 Å². The van der Waals surface area contributed by atoms with Crippen LogP contribution in [0.2, 0.25) is 0 Å². The lowest BCUT2D eigenvalue weighted by molar-refractivity contribution is -0.482. The van der Waals surface area contributed by atoms with Crippen molar-refractivity contribution in [3.8, 4) is 0 Å². The standard InChI is InChI=1S/C22H22N4O4/c27-25(28)15-21(23-19-10-3-1-4-11-19)17-8-7-9-18(14-17)22(16-26(29)30)24-20-12-5-2-6-13-20/h1-14,21-24H,15-16H2/t21-,22-/m0/s1. The average molecular weight is 406 g/mol. The molecule has 2 atom stereocenters. The predicted molar refractivity (Wildman–Crippen MR) is 116 cm³/mol. The van der Waals surface area contributed by atoms with E-state index in [-0.39, 0.29) is 22.9 Å². The van der Waals surface area contributed by atoms with Crippen molar-refractivity contribution in [1.82, 2.24) is 0 Å². The maximum atomic E-state index is 11.2. The first-order chi connectivity index (χ1) is 14.5. The molecule has 2 N–H and O–H groups in total. The Kier molecular flexibility index (Phi) is 6.94. The van der Waals surface area contributed by atoms with Crippen molar-refractivity contribution < 1.29 is 9.85 Å². The minimum absolute atomic E-state index is 0.315. The molecule has 30 heavy (non-hydrogen) atoms. The highest BCUT2D eigenvalue weighted by Crippen LogP contribution is 2.25. The Morgan fingerprint density at radius 2 is 1.03 bits per heavy atom. The van der Waals surface area contributed by atoms with E-state index in [9.17, 15) is 20.2 Å². The van der Waals surface area contributed by atoms with Crippen LogP contribution in [0.3, 0.4) is 0 Å². The number of hydrogen-bond acceptors (Lipinski definition) is 6. The minimum atomic E-state index is -0.574. The molecule has 0 bridgehead atoms. The number of nitro groups is 2. The number of hydrogen-bond donors (Lipinski definition) is 2. The van der Waals surface area contributed by atoms with Gasteiger partial charge in [0.1, 0.15) is 12.1 Å². The van der Waals surface area contributed by atoms with Gasteiger partial charge in [-0.25, -0.2) is 0 Å². The maximum absolute atomic E-state index is 11.2. The molecule has 3 aromatic rings. The van der Waals surface area contributed by atoms with Gasteiger partial charge in [-0.15, -0.1) is 0 Å². The molecule has 8 heteroatoms. The van der Waals surface area contributed by atoms with Gasteiger partial charge in [-0.1, -0.05) is 60.7 Å². The zero-order valence-corrected chi connectivity index (χ0v) is 16.2. The molecule has 0 saturated heterocycles. The fourth-order valence-electron chi connectivity index (χ4n) is 3.23. The molecule has 0 heterocycles. The van der Waals surface area contributed by atoms with E-state index >= 15 is 0 Å². The SMILES string of the molecule is O=[N+]([O-])C[C@H](Nc1ccccc1)c1cccc([C@H](C[N+](=O)[O-])Nc2ccccc2)c1. The third kappa shape index (κ3) is 6.03. The van der Waals surface area contributed by atoms with E-state index in [0.29, 0.717) is 11.1 Å². The van der Waals surface area contributed by atoms with Gasteiger partial charge >= 0.3 is 0 Å². The second-order valence-corrected chi connectivity index (χ2v) is 6.83. The fraction of sp³-hybridized carbons (Fsp3) is 0.182. The van der Waals surface area contributed by atoms with E-state index in [0.717, 1.165) is 11.4 Å². The molecule has 0 amide bonds. The summed E-state index contributed by atoms with van der Waals surface area (Å²) >= 11 is 0. The third-order valence-corrected chi connectivity index (χ3v) is 4.61. The van der Waals surface area contributed by atoms with Crippen molar-refractivity contribution in [1.29, 1.82) is 0 Å². The summed E-state index contributed by atoms with van der Waals surface area (Å²) in [4.78, 5) is 21.7. The molecular formula is C22H22N4O4. The van der Waals surface area contributed by atoms with Crippen LogP contribution in [0.1, 0.15) is 23.2 Å². The summed E-state index contributed by atoms with van der Waals surface area (Å²) in [5.41, 5.74) is 2.91. The quantitative estimate of drug-likeness (QED) is 0.378. The van der Waals surface area contributed by atoms with E-state index in [1.54, 1.807) is 24.3 Å². The van der Waals surface area contributed by atoms with Gasteiger partial charge < -0.3 is 10.6 Å². The Morgan fingerprint density at radius 3 is 1.40 bits per heavy atom. The van der Waals surface area contributed by atoms with E-state index in [4.69, 9.17) is 0 Å². The highest BCUT2D eigenvalue weighted by molar-refractivity contribution is 5.48. The van der Waals surface area contributed by atoms with Crippen molar-refractivity contribution in [3.63, 3.8) is 0 Å². The second-order valence-electron chi connectivity index (χ2n) is 6.83. The lowest BCUT2D eigenvalue weighted by atomic mass is 9.99. The number of para-hydroxylation sites is 2. The molecule has 0 aromatic heterocycles. The van der Waals surface area contributed by atoms with Gasteiger partial charge in [0.2, 0.25) is 13.1 Å². The largest absolute Gasteiger partial charge is 0.372 e. The summed E-state index contributed by atoms with van der Waals surface area (Å²) in [6.45, 7) is -0.630. The van der Waals surface area contributed by atoms with E-state index < -0.39 is 12.1 Å². The molecule has 0 aliphatic rings.